The second-order valence-corrected chi connectivity index (χ2v) is 15.3. The lowest BCUT2D eigenvalue weighted by molar-refractivity contribution is -0.605. The van der Waals surface area contributed by atoms with Gasteiger partial charge in [-0.15, -0.1) is 0 Å². The number of rotatable bonds is 19. The quantitative estimate of drug-likeness (QED) is 0.0974. The van der Waals surface area contributed by atoms with Gasteiger partial charge in [0.05, 0.1) is 38.4 Å². The zero-order valence-electron chi connectivity index (χ0n) is 29.2. The van der Waals surface area contributed by atoms with Gasteiger partial charge in [0.2, 0.25) is 10.0 Å². The number of pyridine rings is 1. The zero-order chi connectivity index (χ0) is 38.8. The number of sulfonamides is 1. The first kappa shape index (κ1) is 41.0. The van der Waals surface area contributed by atoms with Crippen LogP contribution in [0.15, 0.2) is 48.8 Å². The van der Waals surface area contributed by atoms with Crippen LogP contribution in [0.25, 0.3) is 0 Å². The minimum absolute atomic E-state index is 0.000238. The van der Waals surface area contributed by atoms with Crippen molar-refractivity contribution in [2.75, 3.05) is 63.6 Å². The van der Waals surface area contributed by atoms with E-state index in [2.05, 4.69) is 19.7 Å². The summed E-state index contributed by atoms with van der Waals surface area (Å²) in [5, 5.41) is 14.3. The van der Waals surface area contributed by atoms with Crippen molar-refractivity contribution in [2.24, 2.45) is 5.92 Å². The van der Waals surface area contributed by atoms with Gasteiger partial charge in [0.15, 0.2) is 23.9 Å². The molecule has 2 aromatic carbocycles. The molecular formula is C35H40Cl2F2N4O10S. The van der Waals surface area contributed by atoms with Crippen molar-refractivity contribution in [3.05, 3.63) is 80.7 Å². The van der Waals surface area contributed by atoms with Crippen LogP contribution in [-0.4, -0.2) is 90.7 Å². The number of hydrogen-bond donors (Lipinski definition) is 2. The van der Waals surface area contributed by atoms with Crippen LogP contribution >= 0.6 is 23.2 Å². The third-order valence-corrected chi connectivity index (χ3v) is 10.6. The minimum atomic E-state index is -3.81. The van der Waals surface area contributed by atoms with Crippen molar-refractivity contribution in [3.8, 4) is 17.2 Å². The highest BCUT2D eigenvalue weighted by atomic mass is 35.5. The Labute approximate surface area is 321 Å². The maximum atomic E-state index is 13.2. The average molecular weight is 818 g/mol. The molecular weight excluding hydrogens is 777 g/mol. The van der Waals surface area contributed by atoms with Crippen LogP contribution < -0.4 is 29.0 Å². The molecule has 2 aliphatic rings. The normalized spacial score (nSPS) is 15.4. The van der Waals surface area contributed by atoms with Gasteiger partial charge in [-0.1, -0.05) is 29.3 Å². The van der Waals surface area contributed by atoms with E-state index in [1.54, 1.807) is 0 Å². The molecule has 14 nitrogen and oxygen atoms in total. The van der Waals surface area contributed by atoms with Crippen molar-refractivity contribution in [2.45, 2.75) is 38.4 Å². The molecule has 0 radical (unpaired) electrons. The Morgan fingerprint density at radius 2 is 1.76 bits per heavy atom. The highest BCUT2D eigenvalue weighted by molar-refractivity contribution is 7.92. The number of aromatic nitrogens is 1. The molecule has 1 atom stereocenters. The van der Waals surface area contributed by atoms with E-state index in [1.807, 2.05) is 0 Å². The molecule has 1 aliphatic carbocycles. The van der Waals surface area contributed by atoms with Crippen LogP contribution in [0.5, 0.6) is 17.2 Å². The number of esters is 1. The molecule has 1 aromatic heterocycles. The largest absolute Gasteiger partial charge is 0.619 e. The van der Waals surface area contributed by atoms with Crippen molar-refractivity contribution in [1.82, 2.24) is 10.2 Å². The van der Waals surface area contributed by atoms with Gasteiger partial charge in [0.1, 0.15) is 28.4 Å². The number of amides is 1. The summed E-state index contributed by atoms with van der Waals surface area (Å²) in [6.07, 6.45) is 3.09. The maximum absolute atomic E-state index is 13.2. The van der Waals surface area contributed by atoms with Crippen LogP contribution in [0.3, 0.4) is 0 Å². The van der Waals surface area contributed by atoms with E-state index in [0.717, 1.165) is 38.3 Å². The van der Waals surface area contributed by atoms with Crippen LogP contribution in [-0.2, 0) is 30.7 Å². The first-order valence-corrected chi connectivity index (χ1v) is 19.5. The highest BCUT2D eigenvalue weighted by Crippen LogP contribution is 2.38. The number of anilines is 1. The third kappa shape index (κ3) is 12.2. The molecule has 0 spiro atoms. The molecule has 19 heteroatoms. The smallest absolute Gasteiger partial charge is 0.387 e. The third-order valence-electron chi connectivity index (χ3n) is 8.56. The lowest BCUT2D eigenvalue weighted by Crippen LogP contribution is -2.37. The number of benzene rings is 2. The van der Waals surface area contributed by atoms with Gasteiger partial charge < -0.3 is 34.2 Å². The van der Waals surface area contributed by atoms with Gasteiger partial charge in [0.25, 0.3) is 5.91 Å². The van der Waals surface area contributed by atoms with Crippen LogP contribution in [0, 0.1) is 11.1 Å². The van der Waals surface area contributed by atoms with Crippen LogP contribution in [0.2, 0.25) is 10.0 Å². The fraction of sp³-hybridized carbons (Fsp3) is 0.457. The number of alkyl halides is 2. The van der Waals surface area contributed by atoms with E-state index in [0.29, 0.717) is 36.5 Å². The van der Waals surface area contributed by atoms with Crippen molar-refractivity contribution in [1.29, 1.82) is 0 Å². The average Bonchev–Trinajstić information content (AvgIpc) is 3.96. The molecule has 2 N–H and O–H groups in total. The molecule has 1 aliphatic heterocycles. The Morgan fingerprint density at radius 3 is 2.43 bits per heavy atom. The first-order valence-electron chi connectivity index (χ1n) is 17.0. The number of nitrogens with zero attached hydrogens (tertiary/aromatic N) is 2. The molecule has 1 amide bonds. The lowest BCUT2D eigenvalue weighted by atomic mass is 10.0. The van der Waals surface area contributed by atoms with E-state index < -0.39 is 41.2 Å². The standard InChI is InChI=1S/C35H40Cl2F2N4O10S/c1-49-29-7-6-24(15-28(29)41-54(47,48)14-2-9-42-10-12-50-13-11-42)34(45)40-18-33(44)52-31(17-25-26(36)19-43(46)20-27(25)37)23-5-8-30(53-35(38)39)32(16-23)51-21-22-3-4-22/h5-8,15-16,19-20,22,31,35,41H,2-4,9-14,17-18,21H2,1H3,(H,40,45)/t31-/m0/s1. The monoisotopic (exact) mass is 816 g/mol. The predicted octanol–water partition coefficient (Wildman–Crippen LogP) is 4.75. The first-order chi connectivity index (χ1) is 25.8. The number of nitrogens with one attached hydrogen (secondary N) is 2. The van der Waals surface area contributed by atoms with Crippen molar-refractivity contribution in [3.63, 3.8) is 0 Å². The SMILES string of the molecule is COc1ccc(C(=O)NCC(=O)O[C@@H](Cc2c(Cl)c[n+]([O-])cc2Cl)c2ccc(OC(F)F)c(OCC3CC3)c2)cc1NS(=O)(=O)CCCN1CCOCC1. The second-order valence-electron chi connectivity index (χ2n) is 12.6. The van der Waals surface area contributed by atoms with E-state index in [-0.39, 0.29) is 68.8 Å². The fourth-order valence-electron chi connectivity index (χ4n) is 5.57. The minimum Gasteiger partial charge on any atom is -0.619 e. The van der Waals surface area contributed by atoms with Crippen molar-refractivity contribution >= 4 is 50.8 Å². The number of methoxy groups -OCH3 is 1. The predicted molar refractivity (Wildman–Crippen MR) is 194 cm³/mol. The summed E-state index contributed by atoms with van der Waals surface area (Å²) < 4.78 is 81.9. The number of halogens is 4. The molecule has 54 heavy (non-hydrogen) atoms. The molecule has 2 fully saturated rings. The van der Waals surface area contributed by atoms with Gasteiger partial charge in [-0.05, 0) is 67.6 Å². The number of hydrogen-bond acceptors (Lipinski definition) is 11. The number of carbonyl (C=O) groups is 2. The van der Waals surface area contributed by atoms with E-state index in [4.69, 9.17) is 42.1 Å². The van der Waals surface area contributed by atoms with Crippen molar-refractivity contribution < 1.29 is 55.2 Å². The molecule has 5 rings (SSSR count). The number of carbonyl (C=O) groups excluding carboxylic acids is 2. The summed E-state index contributed by atoms with van der Waals surface area (Å²) >= 11 is 12.6. The van der Waals surface area contributed by atoms with Gasteiger partial charge in [-0.3, -0.25) is 19.2 Å². The Balaban J connectivity index is 1.28. The lowest BCUT2D eigenvalue weighted by Gasteiger charge is -2.26. The van der Waals surface area contributed by atoms with Crippen LogP contribution in [0.1, 0.15) is 46.9 Å². The molecule has 3 aromatic rings. The number of morpholine rings is 1. The van der Waals surface area contributed by atoms with Gasteiger partial charge in [-0.2, -0.15) is 13.5 Å². The Kier molecular flexibility index (Phi) is 14.4. The summed E-state index contributed by atoms with van der Waals surface area (Å²) in [5.74, 6) is -1.56. The molecule has 2 heterocycles. The fourth-order valence-corrected chi connectivity index (χ4v) is 7.27. The summed E-state index contributed by atoms with van der Waals surface area (Å²) in [6.45, 7) is -0.240. The summed E-state index contributed by atoms with van der Waals surface area (Å²) in [6, 6.07) is 8.16. The van der Waals surface area contributed by atoms with Gasteiger partial charge >= 0.3 is 12.6 Å². The molecule has 1 saturated heterocycles. The van der Waals surface area contributed by atoms with E-state index in [1.165, 1.54) is 43.5 Å². The Bertz CT molecular complexity index is 1880. The molecule has 294 valence electrons. The Morgan fingerprint density at radius 1 is 1.06 bits per heavy atom. The molecule has 1 saturated carbocycles. The van der Waals surface area contributed by atoms with Gasteiger partial charge in [-0.25, -0.2) is 8.42 Å². The Hall–Kier alpha value is -4.16. The summed E-state index contributed by atoms with van der Waals surface area (Å²) in [7, 11) is -2.46. The van der Waals surface area contributed by atoms with E-state index in [9.17, 15) is 32.0 Å². The topological polar surface area (TPSA) is 169 Å². The van der Waals surface area contributed by atoms with Gasteiger partial charge in [0, 0.05) is 30.6 Å². The highest BCUT2D eigenvalue weighted by Gasteiger charge is 2.27. The summed E-state index contributed by atoms with van der Waals surface area (Å²) in [4.78, 5) is 28.5. The second kappa shape index (κ2) is 18.9. The number of ether oxygens (including phenoxy) is 5. The maximum Gasteiger partial charge on any atom is 0.387 e. The summed E-state index contributed by atoms with van der Waals surface area (Å²) in [5.41, 5.74) is 0.612. The zero-order valence-corrected chi connectivity index (χ0v) is 31.6. The van der Waals surface area contributed by atoms with Crippen LogP contribution in [0.4, 0.5) is 14.5 Å². The molecule has 0 bridgehead atoms. The van der Waals surface area contributed by atoms with E-state index >= 15 is 0 Å². The molecule has 0 unspecified atom stereocenters.